The van der Waals surface area contributed by atoms with Crippen molar-refractivity contribution in [3.8, 4) is 0 Å². The molecule has 178 valence electrons. The monoisotopic (exact) mass is 505 g/mol. The van der Waals surface area contributed by atoms with Gasteiger partial charge in [0.05, 0.1) is 34.5 Å². The summed E-state index contributed by atoms with van der Waals surface area (Å²) in [7, 11) is 0. The number of hydrogen-bond donors (Lipinski definition) is 2. The summed E-state index contributed by atoms with van der Waals surface area (Å²) >= 11 is 11.8. The molecule has 1 fully saturated rings. The molecule has 1 aliphatic rings. The molecule has 11 heteroatoms. The number of carbonyl (C=O) groups is 2. The number of rotatable bonds is 9. The smallest absolute Gasteiger partial charge is 0.222 e. The Bertz CT molecular complexity index is 1180. The van der Waals surface area contributed by atoms with Crippen molar-refractivity contribution in [3.63, 3.8) is 0 Å². The van der Waals surface area contributed by atoms with Gasteiger partial charge in [0, 0.05) is 56.8 Å². The van der Waals surface area contributed by atoms with Gasteiger partial charge in [0.25, 0.3) is 0 Å². The minimum Gasteiger partial charge on any atom is -0.379 e. The second-order valence-electron chi connectivity index (χ2n) is 7.75. The maximum atomic E-state index is 14.3. The Morgan fingerprint density at radius 2 is 1.85 bits per heavy atom. The van der Waals surface area contributed by atoms with Crippen LogP contribution in [-0.4, -0.2) is 70.8 Å². The van der Waals surface area contributed by atoms with Gasteiger partial charge in [-0.2, -0.15) is 0 Å². The quantitative estimate of drug-likeness (QED) is 0.338. The third-order valence-corrected chi connectivity index (χ3v) is 6.01. The van der Waals surface area contributed by atoms with Gasteiger partial charge in [0.2, 0.25) is 5.95 Å². The van der Waals surface area contributed by atoms with Crippen LogP contribution in [0.2, 0.25) is 10.0 Å². The molecule has 2 N–H and O–H groups in total. The van der Waals surface area contributed by atoms with E-state index in [2.05, 4.69) is 25.2 Å². The molecular weight excluding hydrogens is 484 g/mol. The van der Waals surface area contributed by atoms with E-state index in [0.29, 0.717) is 18.1 Å². The van der Waals surface area contributed by atoms with Gasteiger partial charge in [0.1, 0.15) is 0 Å². The Labute approximate surface area is 205 Å². The van der Waals surface area contributed by atoms with Crippen LogP contribution >= 0.6 is 23.2 Å². The number of nitrogens with one attached hydrogen (secondary N) is 2. The fraction of sp³-hybridized carbons (Fsp3) is 0.304. The number of aromatic nitrogens is 3. The predicted molar refractivity (Wildman–Crippen MR) is 126 cm³/mol. The van der Waals surface area contributed by atoms with E-state index in [1.54, 1.807) is 12.4 Å². The number of H-pyrrole nitrogens is 1. The Morgan fingerprint density at radius 1 is 1.15 bits per heavy atom. The molecule has 0 spiro atoms. The molecule has 0 amide bonds. The number of halogens is 3. The Balaban J connectivity index is 1.34. The Kier molecular flexibility index (Phi) is 7.89. The number of hydrogen-bond acceptors (Lipinski definition) is 7. The van der Waals surface area contributed by atoms with Gasteiger partial charge < -0.3 is 15.0 Å². The molecule has 0 saturated carbocycles. The van der Waals surface area contributed by atoms with Gasteiger partial charge >= 0.3 is 0 Å². The van der Waals surface area contributed by atoms with E-state index >= 15 is 0 Å². The number of ketones is 2. The third kappa shape index (κ3) is 5.79. The number of nitrogens with zero attached hydrogens (tertiary/aromatic N) is 3. The van der Waals surface area contributed by atoms with E-state index < -0.39 is 11.6 Å². The molecule has 34 heavy (non-hydrogen) atoms. The highest BCUT2D eigenvalue weighted by molar-refractivity contribution is 6.37. The average molecular weight is 506 g/mol. The molecule has 1 aliphatic heterocycles. The third-order valence-electron chi connectivity index (χ3n) is 5.40. The summed E-state index contributed by atoms with van der Waals surface area (Å²) in [5, 5.41) is 2.90. The van der Waals surface area contributed by atoms with Gasteiger partial charge in [-0.15, -0.1) is 0 Å². The number of carbonyl (C=O) groups excluding carboxylic acids is 2. The summed E-state index contributed by atoms with van der Waals surface area (Å²) in [5.74, 6) is -1.36. The fourth-order valence-corrected chi connectivity index (χ4v) is 3.92. The molecule has 0 radical (unpaired) electrons. The second-order valence-corrected chi connectivity index (χ2v) is 8.56. The van der Waals surface area contributed by atoms with Crippen molar-refractivity contribution in [2.75, 3.05) is 44.7 Å². The Hall–Kier alpha value is -2.85. The van der Waals surface area contributed by atoms with Gasteiger partial charge in [-0.1, -0.05) is 23.2 Å². The summed E-state index contributed by atoms with van der Waals surface area (Å²) in [6.45, 7) is 4.90. The largest absolute Gasteiger partial charge is 0.379 e. The van der Waals surface area contributed by atoms with Gasteiger partial charge in [-0.25, -0.2) is 14.4 Å². The molecule has 0 atom stereocenters. The van der Waals surface area contributed by atoms with Gasteiger partial charge in [-0.3, -0.25) is 14.5 Å². The molecule has 3 heterocycles. The first-order chi connectivity index (χ1) is 16.4. The molecular formula is C23H22Cl2FN5O3. The van der Waals surface area contributed by atoms with E-state index in [0.717, 1.165) is 32.8 Å². The maximum Gasteiger partial charge on any atom is 0.222 e. The molecule has 3 aromatic rings. The molecule has 0 bridgehead atoms. The number of morpholine rings is 1. The van der Waals surface area contributed by atoms with Crippen molar-refractivity contribution in [1.29, 1.82) is 0 Å². The molecule has 4 rings (SSSR count). The summed E-state index contributed by atoms with van der Waals surface area (Å²) in [5.41, 5.74) is 0.588. The number of benzene rings is 1. The SMILES string of the molecule is O=C(Cc1cnc(NCCN2CCOCC2)nc1)c1cc(C(=O)c2c(Cl)ccc(Cl)c2F)c[nH]1. The lowest BCUT2D eigenvalue weighted by atomic mass is 10.0. The first-order valence-corrected chi connectivity index (χ1v) is 11.4. The summed E-state index contributed by atoms with van der Waals surface area (Å²) in [6.07, 6.45) is 4.54. The van der Waals surface area contributed by atoms with Crippen molar-refractivity contribution < 1.29 is 18.7 Å². The van der Waals surface area contributed by atoms with Crippen LogP contribution in [0.15, 0.2) is 36.8 Å². The highest BCUT2D eigenvalue weighted by Gasteiger charge is 2.22. The lowest BCUT2D eigenvalue weighted by Crippen LogP contribution is -2.39. The summed E-state index contributed by atoms with van der Waals surface area (Å²) in [4.78, 5) is 38.9. The zero-order chi connectivity index (χ0) is 24.1. The van der Waals surface area contributed by atoms with E-state index in [9.17, 15) is 14.0 Å². The molecule has 0 unspecified atom stereocenters. The number of Topliss-reactive ketones (excluding diaryl/α,β-unsaturated/α-hetero) is 1. The number of anilines is 1. The van der Waals surface area contributed by atoms with Crippen molar-refractivity contribution in [3.05, 3.63) is 75.0 Å². The minimum absolute atomic E-state index is 0.0362. The van der Waals surface area contributed by atoms with E-state index in [4.69, 9.17) is 27.9 Å². The zero-order valence-corrected chi connectivity index (χ0v) is 19.6. The van der Waals surface area contributed by atoms with Crippen LogP contribution in [0.25, 0.3) is 0 Å². The molecule has 0 aliphatic carbocycles. The van der Waals surface area contributed by atoms with Crippen LogP contribution in [0.1, 0.15) is 32.0 Å². The minimum atomic E-state index is -0.899. The van der Waals surface area contributed by atoms with Crippen molar-refractivity contribution >= 4 is 40.7 Å². The summed E-state index contributed by atoms with van der Waals surface area (Å²) < 4.78 is 19.6. The van der Waals surface area contributed by atoms with Crippen molar-refractivity contribution in [2.24, 2.45) is 0 Å². The van der Waals surface area contributed by atoms with Crippen molar-refractivity contribution in [1.82, 2.24) is 19.9 Å². The lowest BCUT2D eigenvalue weighted by molar-refractivity contribution is 0.0398. The average Bonchev–Trinajstić information content (AvgIpc) is 3.34. The number of ether oxygens (including phenoxy) is 1. The highest BCUT2D eigenvalue weighted by atomic mass is 35.5. The standard InChI is InChI=1S/C23H22Cl2FN5O3/c24-16-1-2-17(25)21(26)20(16)22(33)15-10-18(28-13-15)19(32)9-14-11-29-23(30-12-14)27-3-4-31-5-7-34-8-6-31/h1-2,10-13,28H,3-9H2,(H,27,29,30). The zero-order valence-electron chi connectivity index (χ0n) is 18.1. The van der Waals surface area contributed by atoms with Crippen molar-refractivity contribution in [2.45, 2.75) is 6.42 Å². The van der Waals surface area contributed by atoms with Gasteiger partial charge in [-0.05, 0) is 23.8 Å². The van der Waals surface area contributed by atoms with E-state index in [-0.39, 0.29) is 39.1 Å². The van der Waals surface area contributed by atoms with Crippen LogP contribution in [0, 0.1) is 5.82 Å². The van der Waals surface area contributed by atoms with Crippen LogP contribution < -0.4 is 5.32 Å². The van der Waals surface area contributed by atoms with Crippen LogP contribution in [-0.2, 0) is 11.2 Å². The second kappa shape index (κ2) is 11.1. The van der Waals surface area contributed by atoms with Crippen LogP contribution in [0.5, 0.6) is 0 Å². The first kappa shape index (κ1) is 24.3. The fourth-order valence-electron chi connectivity index (χ4n) is 3.53. The highest BCUT2D eigenvalue weighted by Crippen LogP contribution is 2.28. The lowest BCUT2D eigenvalue weighted by Gasteiger charge is -2.26. The molecule has 1 aromatic carbocycles. The predicted octanol–water partition coefficient (Wildman–Crippen LogP) is 3.65. The molecule has 8 nitrogen and oxygen atoms in total. The molecule has 2 aromatic heterocycles. The molecule has 1 saturated heterocycles. The normalized spacial score (nSPS) is 14.2. The van der Waals surface area contributed by atoms with E-state index in [1.165, 1.54) is 24.4 Å². The maximum absolute atomic E-state index is 14.3. The van der Waals surface area contributed by atoms with Gasteiger partial charge in [0.15, 0.2) is 17.4 Å². The summed E-state index contributed by atoms with van der Waals surface area (Å²) in [6, 6.07) is 3.99. The first-order valence-electron chi connectivity index (χ1n) is 10.7. The Morgan fingerprint density at radius 3 is 2.59 bits per heavy atom. The topological polar surface area (TPSA) is 100 Å². The van der Waals surface area contributed by atoms with E-state index in [1.807, 2.05) is 0 Å². The number of aromatic amines is 1. The van der Waals surface area contributed by atoms with Crippen LogP contribution in [0.3, 0.4) is 0 Å². The van der Waals surface area contributed by atoms with Crippen LogP contribution in [0.4, 0.5) is 10.3 Å².